The molecule has 1 aromatic heterocycles. The van der Waals surface area contributed by atoms with Gasteiger partial charge >= 0.3 is 0 Å². The first kappa shape index (κ1) is 10.7. The maximum Gasteiger partial charge on any atom is 0.236 e. The SMILES string of the molecule is CN(CC(N)=O)c1ncc(Cl)cc1F. The van der Waals surface area contributed by atoms with Crippen LogP contribution in [0, 0.1) is 5.82 Å². The molecule has 0 fully saturated rings. The molecule has 1 amide bonds. The van der Waals surface area contributed by atoms with E-state index in [-0.39, 0.29) is 17.4 Å². The van der Waals surface area contributed by atoms with Gasteiger partial charge in [0.1, 0.15) is 0 Å². The van der Waals surface area contributed by atoms with Crippen LogP contribution in [-0.2, 0) is 4.79 Å². The summed E-state index contributed by atoms with van der Waals surface area (Å²) in [5.41, 5.74) is 4.95. The third kappa shape index (κ3) is 2.56. The second-order valence-corrected chi connectivity index (χ2v) is 3.22. The normalized spacial score (nSPS) is 9.93. The quantitative estimate of drug-likeness (QED) is 0.815. The van der Waals surface area contributed by atoms with E-state index in [1.54, 1.807) is 0 Å². The van der Waals surface area contributed by atoms with Gasteiger partial charge in [-0.15, -0.1) is 0 Å². The summed E-state index contributed by atoms with van der Waals surface area (Å²) in [7, 11) is 1.52. The number of anilines is 1. The van der Waals surface area contributed by atoms with Crippen LogP contribution in [-0.4, -0.2) is 24.5 Å². The molecule has 0 bridgehead atoms. The number of carbonyl (C=O) groups is 1. The highest BCUT2D eigenvalue weighted by molar-refractivity contribution is 6.30. The highest BCUT2D eigenvalue weighted by Crippen LogP contribution is 2.17. The first-order valence-electron chi connectivity index (χ1n) is 3.81. The summed E-state index contributed by atoms with van der Waals surface area (Å²) in [4.78, 5) is 15.6. The predicted molar refractivity (Wildman–Crippen MR) is 51.7 cm³/mol. The smallest absolute Gasteiger partial charge is 0.236 e. The van der Waals surface area contributed by atoms with E-state index < -0.39 is 11.7 Å². The predicted octanol–water partition coefficient (Wildman–Crippen LogP) is 0.796. The molecule has 1 rings (SSSR count). The number of likely N-dealkylation sites (N-methyl/N-ethyl adjacent to an activating group) is 1. The summed E-state index contributed by atoms with van der Waals surface area (Å²) in [5, 5.41) is 0.207. The van der Waals surface area contributed by atoms with Gasteiger partial charge in [-0.1, -0.05) is 11.6 Å². The van der Waals surface area contributed by atoms with Crippen molar-refractivity contribution in [2.45, 2.75) is 0 Å². The third-order valence-corrected chi connectivity index (χ3v) is 1.75. The number of halogens is 2. The molecule has 0 atom stereocenters. The van der Waals surface area contributed by atoms with Gasteiger partial charge in [0.05, 0.1) is 11.6 Å². The maximum atomic E-state index is 13.2. The molecule has 0 spiro atoms. The van der Waals surface area contributed by atoms with E-state index in [1.807, 2.05) is 0 Å². The Morgan fingerprint density at radius 1 is 1.79 bits per heavy atom. The van der Waals surface area contributed by atoms with Crippen LogP contribution in [0.15, 0.2) is 12.3 Å². The van der Waals surface area contributed by atoms with Crippen LogP contribution >= 0.6 is 11.6 Å². The molecule has 0 unspecified atom stereocenters. The summed E-state index contributed by atoms with van der Waals surface area (Å²) >= 11 is 5.51. The van der Waals surface area contributed by atoms with Gasteiger partial charge in [0, 0.05) is 13.2 Å². The molecule has 4 nitrogen and oxygen atoms in total. The molecule has 14 heavy (non-hydrogen) atoms. The molecule has 0 saturated carbocycles. The number of aromatic nitrogens is 1. The van der Waals surface area contributed by atoms with Crippen molar-refractivity contribution in [3.05, 3.63) is 23.1 Å². The van der Waals surface area contributed by atoms with Gasteiger partial charge in [-0.2, -0.15) is 0 Å². The Hall–Kier alpha value is -1.36. The summed E-state index contributed by atoms with van der Waals surface area (Å²) in [6, 6.07) is 1.13. The van der Waals surface area contributed by atoms with E-state index in [1.165, 1.54) is 18.1 Å². The summed E-state index contributed by atoms with van der Waals surface area (Å²) in [6.07, 6.45) is 1.30. The van der Waals surface area contributed by atoms with Crippen molar-refractivity contribution in [1.29, 1.82) is 0 Å². The Morgan fingerprint density at radius 2 is 2.43 bits per heavy atom. The molecule has 0 aliphatic heterocycles. The fourth-order valence-corrected chi connectivity index (χ4v) is 1.14. The van der Waals surface area contributed by atoms with Gasteiger partial charge in [-0.3, -0.25) is 4.79 Å². The van der Waals surface area contributed by atoms with Gasteiger partial charge in [0.2, 0.25) is 5.91 Å². The average Bonchev–Trinajstić information content (AvgIpc) is 2.01. The number of pyridine rings is 1. The standard InChI is InChI=1S/C8H9ClFN3O/c1-13(4-7(11)14)8-6(10)2-5(9)3-12-8/h2-3H,4H2,1H3,(H2,11,14). The molecule has 1 aromatic rings. The van der Waals surface area contributed by atoms with E-state index in [9.17, 15) is 9.18 Å². The van der Waals surface area contributed by atoms with E-state index >= 15 is 0 Å². The van der Waals surface area contributed by atoms with Gasteiger partial charge < -0.3 is 10.6 Å². The zero-order chi connectivity index (χ0) is 10.7. The number of amides is 1. The lowest BCUT2D eigenvalue weighted by atomic mass is 10.4. The molecule has 0 aromatic carbocycles. The molecular formula is C8H9ClFN3O. The largest absolute Gasteiger partial charge is 0.368 e. The molecule has 0 saturated heterocycles. The van der Waals surface area contributed by atoms with Crippen molar-refractivity contribution in [2.75, 3.05) is 18.5 Å². The molecule has 6 heteroatoms. The monoisotopic (exact) mass is 217 g/mol. The van der Waals surface area contributed by atoms with Gasteiger partial charge in [0.25, 0.3) is 0 Å². The molecule has 0 aliphatic rings. The van der Waals surface area contributed by atoms with Crippen LogP contribution in [0.5, 0.6) is 0 Å². The van der Waals surface area contributed by atoms with Crippen LogP contribution in [0.2, 0.25) is 5.02 Å². The number of primary amides is 1. The van der Waals surface area contributed by atoms with Crippen LogP contribution < -0.4 is 10.6 Å². The molecule has 0 radical (unpaired) electrons. The second kappa shape index (κ2) is 4.23. The molecule has 0 aliphatic carbocycles. The topological polar surface area (TPSA) is 59.2 Å². The highest BCUT2D eigenvalue weighted by atomic mass is 35.5. The molecule has 76 valence electrons. The van der Waals surface area contributed by atoms with E-state index in [2.05, 4.69) is 4.98 Å². The minimum atomic E-state index is -0.582. The number of rotatable bonds is 3. The second-order valence-electron chi connectivity index (χ2n) is 2.78. The van der Waals surface area contributed by atoms with Gasteiger partial charge in [-0.25, -0.2) is 9.37 Å². The summed E-state index contributed by atoms with van der Waals surface area (Å²) in [6.45, 7) is -0.0917. The van der Waals surface area contributed by atoms with Crippen LogP contribution in [0.1, 0.15) is 0 Å². The van der Waals surface area contributed by atoms with Crippen molar-refractivity contribution >= 4 is 23.3 Å². The highest BCUT2D eigenvalue weighted by Gasteiger charge is 2.11. The first-order chi connectivity index (χ1) is 6.50. The van der Waals surface area contributed by atoms with Crippen LogP contribution in [0.3, 0.4) is 0 Å². The van der Waals surface area contributed by atoms with E-state index in [0.29, 0.717) is 0 Å². The first-order valence-corrected chi connectivity index (χ1v) is 4.19. The lowest BCUT2D eigenvalue weighted by Crippen LogP contribution is -2.31. The number of hydrogen-bond acceptors (Lipinski definition) is 3. The fraction of sp³-hybridized carbons (Fsp3) is 0.250. The fourth-order valence-electron chi connectivity index (χ4n) is 0.997. The summed E-state index contributed by atoms with van der Waals surface area (Å²) in [5.74, 6) is -1.09. The number of carbonyl (C=O) groups excluding carboxylic acids is 1. The molecule has 2 N–H and O–H groups in total. The van der Waals surface area contributed by atoms with Crippen molar-refractivity contribution < 1.29 is 9.18 Å². The Labute approximate surface area is 85.5 Å². The minimum absolute atomic E-state index is 0.0493. The third-order valence-electron chi connectivity index (χ3n) is 1.54. The zero-order valence-corrected chi connectivity index (χ0v) is 8.25. The number of hydrogen-bond donors (Lipinski definition) is 1. The number of nitrogens with two attached hydrogens (primary N) is 1. The molecular weight excluding hydrogens is 209 g/mol. The Morgan fingerprint density at radius 3 is 2.93 bits per heavy atom. The Kier molecular flexibility index (Phi) is 3.24. The van der Waals surface area contributed by atoms with Crippen LogP contribution in [0.25, 0.3) is 0 Å². The lowest BCUT2D eigenvalue weighted by Gasteiger charge is -2.16. The van der Waals surface area contributed by atoms with Gasteiger partial charge in [0.15, 0.2) is 11.6 Å². The van der Waals surface area contributed by atoms with Crippen molar-refractivity contribution in [1.82, 2.24) is 4.98 Å². The van der Waals surface area contributed by atoms with Crippen LogP contribution in [0.4, 0.5) is 10.2 Å². The zero-order valence-electron chi connectivity index (χ0n) is 7.50. The average molecular weight is 218 g/mol. The number of nitrogens with zero attached hydrogens (tertiary/aromatic N) is 2. The van der Waals surface area contributed by atoms with E-state index in [0.717, 1.165) is 6.07 Å². The van der Waals surface area contributed by atoms with Crippen molar-refractivity contribution in [2.24, 2.45) is 5.73 Å². The summed E-state index contributed by atoms with van der Waals surface area (Å²) < 4.78 is 13.2. The lowest BCUT2D eigenvalue weighted by molar-refractivity contribution is -0.116. The molecule has 1 heterocycles. The van der Waals surface area contributed by atoms with Gasteiger partial charge in [-0.05, 0) is 6.07 Å². The maximum absolute atomic E-state index is 13.2. The Bertz CT molecular complexity index is 358. The van der Waals surface area contributed by atoms with Crippen molar-refractivity contribution in [3.63, 3.8) is 0 Å². The Balaban J connectivity index is 2.90. The minimum Gasteiger partial charge on any atom is -0.368 e. The van der Waals surface area contributed by atoms with E-state index in [4.69, 9.17) is 17.3 Å². The van der Waals surface area contributed by atoms with Crippen molar-refractivity contribution in [3.8, 4) is 0 Å².